The van der Waals surface area contributed by atoms with Crippen LogP contribution in [0.25, 0.3) is 0 Å². The molecule has 2 atom stereocenters. The lowest BCUT2D eigenvalue weighted by Crippen LogP contribution is -2.37. The number of hydrogen-bond acceptors (Lipinski definition) is 4. The van der Waals surface area contributed by atoms with Crippen molar-refractivity contribution < 1.29 is 4.74 Å². The molecule has 1 fully saturated rings. The van der Waals surface area contributed by atoms with Crippen LogP contribution in [0.15, 0.2) is 6.07 Å². The lowest BCUT2D eigenvalue weighted by atomic mass is 9.90. The van der Waals surface area contributed by atoms with Gasteiger partial charge in [0.05, 0.1) is 21.3 Å². The minimum Gasteiger partial charge on any atom is -0.381 e. The van der Waals surface area contributed by atoms with Gasteiger partial charge >= 0.3 is 0 Å². The summed E-state index contributed by atoms with van der Waals surface area (Å²) in [6.07, 6.45) is 2.16. The van der Waals surface area contributed by atoms with E-state index in [1.54, 1.807) is 0 Å². The summed E-state index contributed by atoms with van der Waals surface area (Å²) in [5, 5.41) is 0. The van der Waals surface area contributed by atoms with Gasteiger partial charge in [-0.2, -0.15) is 0 Å². The van der Waals surface area contributed by atoms with Crippen molar-refractivity contribution in [2.24, 2.45) is 11.8 Å². The van der Waals surface area contributed by atoms with Crippen molar-refractivity contribution in [2.75, 3.05) is 13.2 Å². The largest absolute Gasteiger partial charge is 0.381 e. The summed E-state index contributed by atoms with van der Waals surface area (Å²) in [6, 6.07) is 1.91. The third-order valence-corrected chi connectivity index (χ3v) is 4.38. The molecule has 1 aromatic rings. The smallest absolute Gasteiger partial charge is 0.0992 e. The van der Waals surface area contributed by atoms with Crippen molar-refractivity contribution in [2.45, 2.75) is 18.9 Å². The topological polar surface area (TPSA) is 47.3 Å². The molecule has 0 saturated carbocycles. The molecule has 0 amide bonds. The number of thiophene rings is 1. The highest BCUT2D eigenvalue weighted by atomic mass is 35.5. The van der Waals surface area contributed by atoms with E-state index in [0.29, 0.717) is 14.6 Å². The predicted molar refractivity (Wildman–Crippen MR) is 67.9 cm³/mol. The zero-order valence-corrected chi connectivity index (χ0v) is 11.0. The number of nitrogens with one attached hydrogen (secondary N) is 1. The van der Waals surface area contributed by atoms with Crippen molar-refractivity contribution in [3.05, 3.63) is 20.3 Å². The van der Waals surface area contributed by atoms with Gasteiger partial charge < -0.3 is 4.74 Å². The SMILES string of the molecule is NNC(c1cc(Cl)sc1Cl)C1CCCOC1. The summed E-state index contributed by atoms with van der Waals surface area (Å²) in [5.41, 5.74) is 3.81. The molecule has 1 aromatic heterocycles. The molecule has 3 nitrogen and oxygen atoms in total. The molecular formula is C10H14Cl2N2OS. The molecule has 6 heteroatoms. The van der Waals surface area contributed by atoms with Gasteiger partial charge in [-0.25, -0.2) is 0 Å². The molecule has 0 bridgehead atoms. The zero-order chi connectivity index (χ0) is 11.5. The number of hydrogen-bond donors (Lipinski definition) is 2. The van der Waals surface area contributed by atoms with Crippen molar-refractivity contribution in [3.8, 4) is 0 Å². The van der Waals surface area contributed by atoms with Crippen LogP contribution in [0, 0.1) is 5.92 Å². The molecule has 90 valence electrons. The Kier molecular flexibility index (Phi) is 4.47. The van der Waals surface area contributed by atoms with Crippen LogP contribution < -0.4 is 11.3 Å². The van der Waals surface area contributed by atoms with Gasteiger partial charge in [-0.3, -0.25) is 11.3 Å². The third-order valence-electron chi connectivity index (χ3n) is 2.86. The van der Waals surface area contributed by atoms with Gasteiger partial charge in [-0.15, -0.1) is 11.3 Å². The minimum absolute atomic E-state index is 0.0246. The fraction of sp³-hybridized carbons (Fsp3) is 0.600. The summed E-state index contributed by atoms with van der Waals surface area (Å²) in [7, 11) is 0. The summed E-state index contributed by atoms with van der Waals surface area (Å²) in [6.45, 7) is 1.56. The van der Waals surface area contributed by atoms with Crippen LogP contribution in [0.4, 0.5) is 0 Å². The van der Waals surface area contributed by atoms with E-state index in [1.807, 2.05) is 6.07 Å². The fourth-order valence-corrected chi connectivity index (χ4v) is 3.62. The number of halogens is 2. The standard InChI is InChI=1S/C10H14Cl2N2OS/c11-8-4-7(10(12)16-8)9(14-13)6-2-1-3-15-5-6/h4,6,9,14H,1-3,5,13H2. The van der Waals surface area contributed by atoms with Gasteiger partial charge in [0.15, 0.2) is 0 Å². The highest BCUT2D eigenvalue weighted by Gasteiger charge is 2.27. The molecule has 0 spiro atoms. The second kappa shape index (κ2) is 5.67. The maximum Gasteiger partial charge on any atom is 0.0992 e. The third kappa shape index (κ3) is 2.70. The van der Waals surface area contributed by atoms with E-state index >= 15 is 0 Å². The van der Waals surface area contributed by atoms with Gasteiger partial charge in [0, 0.05) is 18.1 Å². The average Bonchev–Trinajstić information content (AvgIpc) is 2.61. The summed E-state index contributed by atoms with van der Waals surface area (Å²) in [5.74, 6) is 5.97. The van der Waals surface area contributed by atoms with Gasteiger partial charge in [0.25, 0.3) is 0 Å². The number of rotatable bonds is 3. The molecule has 3 N–H and O–H groups in total. The van der Waals surface area contributed by atoms with Crippen LogP contribution in [0.5, 0.6) is 0 Å². The number of ether oxygens (including phenoxy) is 1. The van der Waals surface area contributed by atoms with E-state index in [0.717, 1.165) is 31.6 Å². The molecule has 1 aliphatic rings. The first kappa shape index (κ1) is 12.6. The lowest BCUT2D eigenvalue weighted by molar-refractivity contribution is 0.0391. The van der Waals surface area contributed by atoms with Crippen molar-refractivity contribution in [1.82, 2.24) is 5.43 Å². The van der Waals surface area contributed by atoms with E-state index in [2.05, 4.69) is 5.43 Å². The Labute approximate surface area is 109 Å². The van der Waals surface area contributed by atoms with Crippen LogP contribution in [0.1, 0.15) is 24.4 Å². The summed E-state index contributed by atoms with van der Waals surface area (Å²) < 4.78 is 6.86. The molecule has 0 radical (unpaired) electrons. The van der Waals surface area contributed by atoms with E-state index in [-0.39, 0.29) is 6.04 Å². The molecule has 1 aliphatic heterocycles. The Hall–Kier alpha value is 0.160. The Morgan fingerprint density at radius 2 is 2.38 bits per heavy atom. The molecule has 0 aromatic carbocycles. The average molecular weight is 281 g/mol. The summed E-state index contributed by atoms with van der Waals surface area (Å²) in [4.78, 5) is 0. The first-order valence-corrected chi connectivity index (χ1v) is 6.78. The number of nitrogens with two attached hydrogens (primary N) is 1. The maximum absolute atomic E-state index is 6.14. The lowest BCUT2D eigenvalue weighted by Gasteiger charge is -2.29. The second-order valence-electron chi connectivity index (χ2n) is 3.90. The fourth-order valence-electron chi connectivity index (χ4n) is 2.07. The molecule has 0 aliphatic carbocycles. The molecular weight excluding hydrogens is 267 g/mol. The maximum atomic E-state index is 6.14. The zero-order valence-electron chi connectivity index (χ0n) is 8.71. The molecule has 16 heavy (non-hydrogen) atoms. The highest BCUT2D eigenvalue weighted by Crippen LogP contribution is 2.39. The van der Waals surface area contributed by atoms with E-state index < -0.39 is 0 Å². The highest BCUT2D eigenvalue weighted by molar-refractivity contribution is 7.20. The van der Waals surface area contributed by atoms with Gasteiger partial charge in [-0.1, -0.05) is 23.2 Å². The van der Waals surface area contributed by atoms with Crippen LogP contribution in [0.3, 0.4) is 0 Å². The Morgan fingerprint density at radius 1 is 1.56 bits per heavy atom. The van der Waals surface area contributed by atoms with Crippen LogP contribution in [-0.2, 0) is 4.74 Å². The molecule has 2 unspecified atom stereocenters. The van der Waals surface area contributed by atoms with E-state index in [4.69, 9.17) is 33.8 Å². The Bertz CT molecular complexity index is 353. The van der Waals surface area contributed by atoms with Crippen molar-refractivity contribution in [3.63, 3.8) is 0 Å². The molecule has 2 heterocycles. The van der Waals surface area contributed by atoms with Crippen LogP contribution >= 0.6 is 34.5 Å². The predicted octanol–water partition coefficient (Wildman–Crippen LogP) is 2.99. The van der Waals surface area contributed by atoms with Gasteiger partial charge in [-0.05, 0) is 18.9 Å². The molecule has 2 rings (SSSR count). The molecule has 1 saturated heterocycles. The number of hydrazine groups is 1. The minimum atomic E-state index is 0.0246. The Morgan fingerprint density at radius 3 is 2.88 bits per heavy atom. The normalized spacial score (nSPS) is 23.3. The van der Waals surface area contributed by atoms with Crippen molar-refractivity contribution in [1.29, 1.82) is 0 Å². The van der Waals surface area contributed by atoms with Gasteiger partial charge in [0.1, 0.15) is 0 Å². The first-order chi connectivity index (χ1) is 7.72. The second-order valence-corrected chi connectivity index (χ2v) is 6.19. The Balaban J connectivity index is 2.17. The van der Waals surface area contributed by atoms with E-state index in [9.17, 15) is 0 Å². The first-order valence-electron chi connectivity index (χ1n) is 5.21. The monoisotopic (exact) mass is 280 g/mol. The van der Waals surface area contributed by atoms with Crippen molar-refractivity contribution >= 4 is 34.5 Å². The van der Waals surface area contributed by atoms with Crippen LogP contribution in [0.2, 0.25) is 8.67 Å². The van der Waals surface area contributed by atoms with Gasteiger partial charge in [0.2, 0.25) is 0 Å². The summed E-state index contributed by atoms with van der Waals surface area (Å²) >= 11 is 13.4. The van der Waals surface area contributed by atoms with E-state index in [1.165, 1.54) is 11.3 Å². The van der Waals surface area contributed by atoms with Crippen LogP contribution in [-0.4, -0.2) is 13.2 Å². The quantitative estimate of drug-likeness (QED) is 0.661.